The van der Waals surface area contributed by atoms with Gasteiger partial charge >= 0.3 is 5.97 Å². The van der Waals surface area contributed by atoms with Crippen LogP contribution < -0.4 is 5.32 Å². The third-order valence-corrected chi connectivity index (χ3v) is 3.72. The summed E-state index contributed by atoms with van der Waals surface area (Å²) in [5.74, 6) is 0.929. The number of hydrogen-bond acceptors (Lipinski definition) is 5. The lowest BCUT2D eigenvalue weighted by atomic mass is 10.3. The van der Waals surface area contributed by atoms with E-state index in [0.29, 0.717) is 25.0 Å². The molecule has 0 aliphatic rings. The van der Waals surface area contributed by atoms with Crippen LogP contribution in [0.25, 0.3) is 0 Å². The van der Waals surface area contributed by atoms with Crippen molar-refractivity contribution in [3.63, 3.8) is 0 Å². The molecule has 0 aromatic rings. The minimum absolute atomic E-state index is 0.191. The lowest BCUT2D eigenvalue weighted by Gasteiger charge is -2.07. The van der Waals surface area contributed by atoms with E-state index in [1.807, 2.05) is 0 Å². The molecule has 6 heteroatoms. The van der Waals surface area contributed by atoms with Crippen LogP contribution >= 0.6 is 21.6 Å². The van der Waals surface area contributed by atoms with Crippen LogP contribution in [0.1, 0.15) is 47.0 Å². The summed E-state index contributed by atoms with van der Waals surface area (Å²) >= 11 is 0. The van der Waals surface area contributed by atoms with Crippen molar-refractivity contribution >= 4 is 27.6 Å². The number of nitrogens with one attached hydrogen (secondary N) is 1. The second-order valence-corrected chi connectivity index (χ2v) is 6.81. The van der Waals surface area contributed by atoms with E-state index in [2.05, 4.69) is 33.0 Å². The van der Waals surface area contributed by atoms with Gasteiger partial charge in [0.1, 0.15) is 5.94 Å². The molecule has 0 heterocycles. The molecule has 0 bridgehead atoms. The summed E-state index contributed by atoms with van der Waals surface area (Å²) in [6.45, 7) is 10.0. The van der Waals surface area contributed by atoms with E-state index in [0.717, 1.165) is 12.3 Å². The van der Waals surface area contributed by atoms with E-state index in [-0.39, 0.29) is 6.42 Å². The van der Waals surface area contributed by atoms with E-state index in [9.17, 15) is 4.79 Å². The maximum atomic E-state index is 10.2. The van der Waals surface area contributed by atoms with Crippen molar-refractivity contribution in [2.45, 2.75) is 53.0 Å². The summed E-state index contributed by atoms with van der Waals surface area (Å²) < 4.78 is 5.27. The fraction of sp³-hybridized carbons (Fsp3) is 0.923. The highest BCUT2D eigenvalue weighted by atomic mass is 33.1. The minimum Gasteiger partial charge on any atom is -0.481 e. The molecule has 19 heavy (non-hydrogen) atoms. The van der Waals surface area contributed by atoms with E-state index < -0.39 is 5.97 Å². The Hall–Kier alpha value is 0.0900. The van der Waals surface area contributed by atoms with Crippen molar-refractivity contribution in [1.29, 1.82) is 0 Å². The van der Waals surface area contributed by atoms with Crippen molar-refractivity contribution in [3.8, 4) is 0 Å². The molecule has 0 spiro atoms. The molecule has 0 saturated carbocycles. The Morgan fingerprint density at radius 1 is 1.32 bits per heavy atom. The monoisotopic (exact) mass is 311 g/mol. The molecule has 0 aliphatic carbocycles. The SMILES string of the molecule is CC(C)NCCSSCOCCCC(=O)O.CCC. The third kappa shape index (κ3) is 27.3. The number of aliphatic carboxylic acids is 1. The average Bonchev–Trinajstić information content (AvgIpc) is 2.32. The first kappa shape index (κ1) is 21.4. The van der Waals surface area contributed by atoms with Gasteiger partial charge in [0, 0.05) is 31.4 Å². The first-order valence-electron chi connectivity index (χ1n) is 6.81. The van der Waals surface area contributed by atoms with E-state index in [1.54, 1.807) is 21.6 Å². The molecular formula is C13H29NO3S2. The van der Waals surface area contributed by atoms with E-state index in [4.69, 9.17) is 9.84 Å². The highest BCUT2D eigenvalue weighted by molar-refractivity contribution is 8.76. The predicted octanol–water partition coefficient (Wildman–Crippen LogP) is 3.62. The van der Waals surface area contributed by atoms with Gasteiger partial charge in [-0.1, -0.05) is 55.7 Å². The Morgan fingerprint density at radius 2 is 1.95 bits per heavy atom. The zero-order valence-corrected chi connectivity index (χ0v) is 14.2. The van der Waals surface area contributed by atoms with E-state index in [1.165, 1.54) is 6.42 Å². The Balaban J connectivity index is 0. The predicted molar refractivity (Wildman–Crippen MR) is 86.8 cm³/mol. The molecule has 0 aromatic carbocycles. The van der Waals surface area contributed by atoms with Gasteiger partial charge in [-0.2, -0.15) is 0 Å². The standard InChI is InChI=1S/C10H21NO3S2.C3H8/c1-9(2)11-5-7-15-16-8-14-6-3-4-10(12)13;1-3-2/h9,11H,3-8H2,1-2H3,(H,12,13);3H2,1-2H3. The van der Waals surface area contributed by atoms with Gasteiger partial charge in [0.25, 0.3) is 0 Å². The van der Waals surface area contributed by atoms with Gasteiger partial charge in [-0.05, 0) is 6.42 Å². The molecule has 0 unspecified atom stereocenters. The smallest absolute Gasteiger partial charge is 0.303 e. The molecule has 0 aliphatic heterocycles. The number of carboxylic acid groups (broad SMARTS) is 1. The summed E-state index contributed by atoms with van der Waals surface area (Å²) in [4.78, 5) is 10.2. The Kier molecular flexibility index (Phi) is 20.4. The fourth-order valence-electron chi connectivity index (χ4n) is 0.901. The van der Waals surface area contributed by atoms with E-state index >= 15 is 0 Å². The molecule has 0 fully saturated rings. The van der Waals surface area contributed by atoms with Crippen LogP contribution in [0.2, 0.25) is 0 Å². The highest BCUT2D eigenvalue weighted by Crippen LogP contribution is 2.20. The summed E-state index contributed by atoms with van der Waals surface area (Å²) in [5, 5.41) is 11.7. The fourth-order valence-corrected chi connectivity index (χ4v) is 2.49. The Labute approximate surface area is 125 Å². The molecule has 0 radical (unpaired) electrons. The number of ether oxygens (including phenoxy) is 1. The van der Waals surface area contributed by atoms with Crippen molar-refractivity contribution in [2.75, 3.05) is 24.8 Å². The van der Waals surface area contributed by atoms with Crippen LogP contribution in [-0.4, -0.2) is 42.0 Å². The lowest BCUT2D eigenvalue weighted by Crippen LogP contribution is -2.24. The minimum atomic E-state index is -0.759. The van der Waals surface area contributed by atoms with Crippen LogP contribution in [0.4, 0.5) is 0 Å². The van der Waals surface area contributed by atoms with Gasteiger partial charge in [-0.3, -0.25) is 4.79 Å². The molecule has 0 amide bonds. The molecule has 116 valence electrons. The number of carbonyl (C=O) groups is 1. The van der Waals surface area contributed by atoms with Crippen LogP contribution in [0.5, 0.6) is 0 Å². The largest absolute Gasteiger partial charge is 0.481 e. The maximum Gasteiger partial charge on any atom is 0.303 e. The molecule has 0 saturated heterocycles. The topological polar surface area (TPSA) is 58.6 Å². The van der Waals surface area contributed by atoms with Crippen molar-refractivity contribution in [3.05, 3.63) is 0 Å². The first-order chi connectivity index (χ1) is 9.04. The molecule has 0 atom stereocenters. The zero-order valence-electron chi connectivity index (χ0n) is 12.6. The zero-order chi connectivity index (χ0) is 14.9. The normalized spacial score (nSPS) is 10.2. The van der Waals surface area contributed by atoms with Crippen LogP contribution in [0.3, 0.4) is 0 Å². The number of rotatable bonds is 11. The molecular weight excluding hydrogens is 282 g/mol. The summed E-state index contributed by atoms with van der Waals surface area (Å²) in [7, 11) is 3.44. The second kappa shape index (κ2) is 18.1. The summed E-state index contributed by atoms with van der Waals surface area (Å²) in [5.41, 5.74) is 0. The molecule has 0 rings (SSSR count). The number of hydrogen-bond donors (Lipinski definition) is 2. The van der Waals surface area contributed by atoms with Crippen molar-refractivity contribution in [1.82, 2.24) is 5.32 Å². The Bertz CT molecular complexity index is 193. The summed E-state index contributed by atoms with van der Waals surface area (Å²) in [6.07, 6.45) is 2.03. The first-order valence-corrected chi connectivity index (χ1v) is 9.30. The third-order valence-electron chi connectivity index (χ3n) is 1.63. The quantitative estimate of drug-likeness (QED) is 0.345. The summed E-state index contributed by atoms with van der Waals surface area (Å²) in [6, 6.07) is 0.540. The molecule has 4 nitrogen and oxygen atoms in total. The Morgan fingerprint density at radius 3 is 2.47 bits per heavy atom. The molecule has 0 aromatic heterocycles. The van der Waals surface area contributed by atoms with Crippen molar-refractivity contribution in [2.24, 2.45) is 0 Å². The van der Waals surface area contributed by atoms with Gasteiger partial charge in [-0.15, -0.1) is 0 Å². The van der Waals surface area contributed by atoms with Crippen LogP contribution in [0, 0.1) is 0 Å². The van der Waals surface area contributed by atoms with Gasteiger partial charge in [0.15, 0.2) is 0 Å². The van der Waals surface area contributed by atoms with Gasteiger partial charge < -0.3 is 15.2 Å². The maximum absolute atomic E-state index is 10.2. The van der Waals surface area contributed by atoms with Gasteiger partial charge in [0.2, 0.25) is 0 Å². The van der Waals surface area contributed by atoms with Crippen LogP contribution in [-0.2, 0) is 9.53 Å². The average molecular weight is 312 g/mol. The highest BCUT2D eigenvalue weighted by Gasteiger charge is 1.97. The van der Waals surface area contributed by atoms with Crippen molar-refractivity contribution < 1.29 is 14.6 Å². The second-order valence-electron chi connectivity index (χ2n) is 4.28. The number of carboxylic acids is 1. The molecule has 2 N–H and O–H groups in total. The van der Waals surface area contributed by atoms with Gasteiger partial charge in [-0.25, -0.2) is 0 Å². The van der Waals surface area contributed by atoms with Gasteiger partial charge in [0.05, 0.1) is 0 Å². The van der Waals surface area contributed by atoms with Crippen LogP contribution in [0.15, 0.2) is 0 Å². The lowest BCUT2D eigenvalue weighted by molar-refractivity contribution is -0.137.